The first-order chi connectivity index (χ1) is 10.9. The predicted molar refractivity (Wildman–Crippen MR) is 86.6 cm³/mol. The Morgan fingerprint density at radius 2 is 1.78 bits per heavy atom. The van der Waals surface area contributed by atoms with Crippen LogP contribution >= 0.6 is 23.2 Å². The smallest absolute Gasteiger partial charge is 0.294 e. The van der Waals surface area contributed by atoms with E-state index in [2.05, 4.69) is 9.97 Å². The fourth-order valence-electron chi connectivity index (χ4n) is 2.09. The second kappa shape index (κ2) is 5.93. The van der Waals surface area contributed by atoms with Crippen molar-refractivity contribution in [1.82, 2.24) is 14.5 Å². The van der Waals surface area contributed by atoms with Crippen LogP contribution in [-0.2, 0) is 10.1 Å². The Hall–Kier alpha value is -1.93. The van der Waals surface area contributed by atoms with Gasteiger partial charge in [-0.15, -0.1) is 0 Å². The molecule has 6 nitrogen and oxygen atoms in total. The van der Waals surface area contributed by atoms with Gasteiger partial charge in [-0.25, -0.2) is 4.98 Å². The number of nitrogens with zero attached hydrogens (tertiary/aromatic N) is 3. The topological polar surface area (TPSA) is 85.1 Å². The Morgan fingerprint density at radius 1 is 1.09 bits per heavy atom. The average Bonchev–Trinajstić information content (AvgIpc) is 2.89. The molecular weight excluding hydrogens is 361 g/mol. The lowest BCUT2D eigenvalue weighted by molar-refractivity contribution is 0.483. The predicted octanol–water partition coefficient (Wildman–Crippen LogP) is 3.49. The van der Waals surface area contributed by atoms with Crippen LogP contribution in [-0.4, -0.2) is 27.5 Å². The summed E-state index contributed by atoms with van der Waals surface area (Å²) >= 11 is 12.3. The molecule has 23 heavy (non-hydrogen) atoms. The van der Waals surface area contributed by atoms with Gasteiger partial charge in [0.2, 0.25) is 0 Å². The van der Waals surface area contributed by atoms with E-state index in [0.717, 1.165) is 0 Å². The van der Waals surface area contributed by atoms with E-state index in [1.165, 1.54) is 30.6 Å². The highest BCUT2D eigenvalue weighted by atomic mass is 35.5. The van der Waals surface area contributed by atoms with Crippen molar-refractivity contribution in [2.45, 2.75) is 4.90 Å². The standard InChI is InChI=1S/C14H9Cl2N3O3S/c15-12-5-6-17-7-11(12)13-14(16)18-8-19(13)9-1-3-10(4-2-9)23(20,21)22/h1-8H,(H,20,21,22). The van der Waals surface area contributed by atoms with E-state index >= 15 is 0 Å². The molecule has 1 aromatic carbocycles. The summed E-state index contributed by atoms with van der Waals surface area (Å²) in [6.45, 7) is 0. The Labute approximate surface area is 142 Å². The van der Waals surface area contributed by atoms with E-state index in [1.54, 1.807) is 23.0 Å². The first-order valence-corrected chi connectivity index (χ1v) is 8.48. The number of hydrogen-bond acceptors (Lipinski definition) is 4. The average molecular weight is 370 g/mol. The number of imidazole rings is 1. The van der Waals surface area contributed by atoms with Crippen LogP contribution in [0.1, 0.15) is 0 Å². The van der Waals surface area contributed by atoms with Gasteiger partial charge in [0.1, 0.15) is 6.33 Å². The Bertz CT molecular complexity index is 969. The van der Waals surface area contributed by atoms with Gasteiger partial charge >= 0.3 is 0 Å². The highest BCUT2D eigenvalue weighted by Crippen LogP contribution is 2.33. The minimum absolute atomic E-state index is 0.201. The van der Waals surface area contributed by atoms with Crippen molar-refractivity contribution in [3.8, 4) is 16.9 Å². The molecule has 0 unspecified atom stereocenters. The molecular formula is C14H9Cl2N3O3S. The van der Waals surface area contributed by atoms with Gasteiger partial charge in [0.25, 0.3) is 10.1 Å². The first kappa shape index (κ1) is 15.9. The van der Waals surface area contributed by atoms with Gasteiger partial charge in [-0.2, -0.15) is 8.42 Å². The van der Waals surface area contributed by atoms with E-state index in [1.807, 2.05) is 0 Å². The van der Waals surface area contributed by atoms with Crippen LogP contribution in [0.15, 0.2) is 53.9 Å². The van der Waals surface area contributed by atoms with Crippen LogP contribution in [0.25, 0.3) is 16.9 Å². The molecule has 0 saturated heterocycles. The van der Waals surface area contributed by atoms with Crippen molar-refractivity contribution in [2.24, 2.45) is 0 Å². The van der Waals surface area contributed by atoms with E-state index in [9.17, 15) is 8.42 Å². The van der Waals surface area contributed by atoms with Crippen molar-refractivity contribution in [1.29, 1.82) is 0 Å². The summed E-state index contributed by atoms with van der Waals surface area (Å²) < 4.78 is 32.9. The monoisotopic (exact) mass is 369 g/mol. The van der Waals surface area contributed by atoms with Crippen LogP contribution < -0.4 is 0 Å². The zero-order valence-corrected chi connectivity index (χ0v) is 13.7. The minimum atomic E-state index is -4.25. The first-order valence-electron chi connectivity index (χ1n) is 6.28. The number of rotatable bonds is 3. The van der Waals surface area contributed by atoms with E-state index in [0.29, 0.717) is 22.0 Å². The molecule has 2 heterocycles. The SMILES string of the molecule is O=S(=O)(O)c1ccc(-n2cnc(Cl)c2-c2cnccc2Cl)cc1. The van der Waals surface area contributed by atoms with Gasteiger partial charge in [-0.05, 0) is 30.3 Å². The number of aromatic nitrogens is 3. The van der Waals surface area contributed by atoms with Crippen molar-refractivity contribution in [3.63, 3.8) is 0 Å². The highest BCUT2D eigenvalue weighted by Gasteiger charge is 2.16. The number of hydrogen-bond donors (Lipinski definition) is 1. The second-order valence-electron chi connectivity index (χ2n) is 4.58. The van der Waals surface area contributed by atoms with Crippen LogP contribution in [0.3, 0.4) is 0 Å². The lowest BCUT2D eigenvalue weighted by Crippen LogP contribution is -2.00. The van der Waals surface area contributed by atoms with Gasteiger partial charge in [0.05, 0.1) is 15.6 Å². The van der Waals surface area contributed by atoms with Crippen LogP contribution in [0.4, 0.5) is 0 Å². The molecule has 0 spiro atoms. The van der Waals surface area contributed by atoms with E-state index < -0.39 is 10.1 Å². The molecule has 3 aromatic rings. The molecule has 0 aliphatic carbocycles. The molecule has 0 radical (unpaired) electrons. The quantitative estimate of drug-likeness (QED) is 0.714. The molecule has 0 aliphatic rings. The second-order valence-corrected chi connectivity index (χ2v) is 6.77. The molecule has 0 fully saturated rings. The molecule has 118 valence electrons. The van der Waals surface area contributed by atoms with Gasteiger partial charge in [-0.1, -0.05) is 23.2 Å². The number of pyridine rings is 1. The summed E-state index contributed by atoms with van der Waals surface area (Å²) in [7, 11) is -4.25. The summed E-state index contributed by atoms with van der Waals surface area (Å²) in [5.41, 5.74) is 1.73. The lowest BCUT2D eigenvalue weighted by atomic mass is 10.2. The Morgan fingerprint density at radius 3 is 2.39 bits per heavy atom. The van der Waals surface area contributed by atoms with Crippen molar-refractivity contribution in [2.75, 3.05) is 0 Å². The largest absolute Gasteiger partial charge is 0.297 e. The highest BCUT2D eigenvalue weighted by molar-refractivity contribution is 7.85. The number of halogens is 2. The number of benzene rings is 1. The summed E-state index contributed by atoms with van der Waals surface area (Å²) in [6, 6.07) is 7.25. The molecule has 3 rings (SSSR count). The molecule has 2 aromatic heterocycles. The zero-order valence-electron chi connectivity index (χ0n) is 11.4. The van der Waals surface area contributed by atoms with E-state index in [4.69, 9.17) is 27.8 Å². The Kier molecular flexibility index (Phi) is 4.11. The van der Waals surface area contributed by atoms with Gasteiger partial charge < -0.3 is 0 Å². The van der Waals surface area contributed by atoms with Crippen LogP contribution in [0, 0.1) is 0 Å². The minimum Gasteiger partial charge on any atom is -0.297 e. The zero-order chi connectivity index (χ0) is 16.6. The normalized spacial score (nSPS) is 11.6. The maximum absolute atomic E-state index is 11.1. The van der Waals surface area contributed by atoms with E-state index in [-0.39, 0.29) is 10.0 Å². The van der Waals surface area contributed by atoms with Crippen molar-refractivity contribution < 1.29 is 13.0 Å². The van der Waals surface area contributed by atoms with Crippen molar-refractivity contribution in [3.05, 3.63) is 59.2 Å². The lowest BCUT2D eigenvalue weighted by Gasteiger charge is -2.10. The molecule has 9 heteroatoms. The Balaban J connectivity index is 2.14. The molecule has 0 atom stereocenters. The fourth-order valence-corrected chi connectivity index (χ4v) is 3.00. The third-order valence-electron chi connectivity index (χ3n) is 3.16. The molecule has 0 aliphatic heterocycles. The maximum Gasteiger partial charge on any atom is 0.294 e. The third-order valence-corrected chi connectivity index (χ3v) is 4.63. The molecule has 1 N–H and O–H groups in total. The van der Waals surface area contributed by atoms with Crippen LogP contribution in [0.2, 0.25) is 10.2 Å². The summed E-state index contributed by atoms with van der Waals surface area (Å²) in [4.78, 5) is 7.88. The summed E-state index contributed by atoms with van der Waals surface area (Å²) in [6.07, 6.45) is 4.61. The molecule has 0 amide bonds. The van der Waals surface area contributed by atoms with Crippen molar-refractivity contribution >= 4 is 33.3 Å². The third kappa shape index (κ3) is 3.09. The maximum atomic E-state index is 11.1. The van der Waals surface area contributed by atoms with Gasteiger partial charge in [0, 0.05) is 23.6 Å². The van der Waals surface area contributed by atoms with Crippen LogP contribution in [0.5, 0.6) is 0 Å². The molecule has 0 saturated carbocycles. The fraction of sp³-hybridized carbons (Fsp3) is 0. The molecule has 0 bridgehead atoms. The van der Waals surface area contributed by atoms with Gasteiger partial charge in [0.15, 0.2) is 5.15 Å². The summed E-state index contributed by atoms with van der Waals surface area (Å²) in [5.74, 6) is 0. The van der Waals surface area contributed by atoms with Gasteiger partial charge in [-0.3, -0.25) is 14.1 Å². The summed E-state index contributed by atoms with van der Waals surface area (Å²) in [5, 5.41) is 0.692.